The van der Waals surface area contributed by atoms with E-state index in [2.05, 4.69) is 23.0 Å². The smallest absolute Gasteiger partial charge is 0.251 e. The molecule has 4 heteroatoms. The summed E-state index contributed by atoms with van der Waals surface area (Å²) in [5, 5.41) is 7.30. The van der Waals surface area contributed by atoms with Crippen molar-refractivity contribution < 1.29 is 4.79 Å². The van der Waals surface area contributed by atoms with Gasteiger partial charge in [0, 0.05) is 29.9 Å². The van der Waals surface area contributed by atoms with Crippen molar-refractivity contribution in [3.63, 3.8) is 0 Å². The van der Waals surface area contributed by atoms with Gasteiger partial charge in [-0.1, -0.05) is 6.07 Å². The second kappa shape index (κ2) is 6.19. The monoisotopic (exact) mass is 290 g/mol. The highest BCUT2D eigenvalue weighted by Crippen LogP contribution is 2.27. The molecule has 0 saturated heterocycles. The van der Waals surface area contributed by atoms with Gasteiger partial charge in [0.1, 0.15) is 0 Å². The average molecular weight is 290 g/mol. The van der Waals surface area contributed by atoms with E-state index in [4.69, 9.17) is 0 Å². The summed E-state index contributed by atoms with van der Waals surface area (Å²) in [5.74, 6) is 0.0901. The molecule has 0 aromatic heterocycles. The molecule has 1 aliphatic heterocycles. The Balaban J connectivity index is 1.59. The normalized spacial score (nSPS) is 25.2. The molecule has 0 bridgehead atoms. The summed E-state index contributed by atoms with van der Waals surface area (Å²) in [6, 6.07) is 6.43. The van der Waals surface area contributed by atoms with Crippen LogP contribution in [0.3, 0.4) is 0 Å². The lowest BCUT2D eigenvalue weighted by Crippen LogP contribution is -2.38. The largest absolute Gasteiger partial charge is 0.349 e. The Kier molecular flexibility index (Phi) is 4.32. The first-order valence-corrected chi connectivity index (χ1v) is 8.71. The first-order chi connectivity index (χ1) is 9.76. The topological polar surface area (TPSA) is 41.1 Å². The summed E-state index contributed by atoms with van der Waals surface area (Å²) >= 11 is 1.96. The van der Waals surface area contributed by atoms with E-state index in [-0.39, 0.29) is 5.91 Å². The molecule has 1 aromatic rings. The maximum atomic E-state index is 12.3. The number of benzene rings is 1. The van der Waals surface area contributed by atoms with Gasteiger partial charge in [0.05, 0.1) is 0 Å². The molecule has 1 aromatic carbocycles. The molecular weight excluding hydrogens is 268 g/mol. The van der Waals surface area contributed by atoms with E-state index in [1.54, 1.807) is 0 Å². The lowest BCUT2D eigenvalue weighted by molar-refractivity contribution is 0.0928. The molecule has 1 heterocycles. The molecule has 3 rings (SSSR count). The third-order valence-electron chi connectivity index (χ3n) is 4.44. The van der Waals surface area contributed by atoms with Gasteiger partial charge in [-0.2, -0.15) is 11.8 Å². The Hall–Kier alpha value is -1.00. The zero-order valence-corrected chi connectivity index (χ0v) is 12.8. The van der Waals surface area contributed by atoms with Crippen molar-refractivity contribution in [3.05, 3.63) is 34.9 Å². The minimum atomic E-state index is 0.0901. The number of rotatable bonds is 3. The quantitative estimate of drug-likeness (QED) is 0.899. The lowest BCUT2D eigenvalue weighted by atomic mass is 9.94. The molecule has 1 saturated carbocycles. The number of fused-ring (bicyclic) bond motifs is 1. The SMILES string of the molecule is CSC1CCC(NC(=O)c2ccc3c(c2)CNC3)CC1. The molecule has 2 aliphatic rings. The second-order valence-corrected chi connectivity index (χ2v) is 6.91. The fourth-order valence-corrected chi connectivity index (χ4v) is 3.89. The van der Waals surface area contributed by atoms with E-state index in [0.29, 0.717) is 6.04 Å². The summed E-state index contributed by atoms with van der Waals surface area (Å²) in [6.07, 6.45) is 6.86. The zero-order chi connectivity index (χ0) is 13.9. The van der Waals surface area contributed by atoms with Crippen LogP contribution < -0.4 is 10.6 Å². The fraction of sp³-hybridized carbons (Fsp3) is 0.562. The van der Waals surface area contributed by atoms with Crippen molar-refractivity contribution >= 4 is 17.7 Å². The van der Waals surface area contributed by atoms with Gasteiger partial charge in [-0.15, -0.1) is 0 Å². The Morgan fingerprint density at radius 2 is 1.95 bits per heavy atom. The molecular formula is C16H22N2OS. The van der Waals surface area contributed by atoms with Gasteiger partial charge in [0.2, 0.25) is 0 Å². The molecule has 0 radical (unpaired) electrons. The van der Waals surface area contributed by atoms with Gasteiger partial charge in [-0.25, -0.2) is 0 Å². The van der Waals surface area contributed by atoms with Crippen LogP contribution in [0, 0.1) is 0 Å². The van der Waals surface area contributed by atoms with Crippen molar-refractivity contribution in [2.75, 3.05) is 6.26 Å². The number of nitrogens with one attached hydrogen (secondary N) is 2. The van der Waals surface area contributed by atoms with Crippen LogP contribution in [0.25, 0.3) is 0 Å². The molecule has 0 unspecified atom stereocenters. The highest BCUT2D eigenvalue weighted by molar-refractivity contribution is 7.99. The number of carbonyl (C=O) groups excluding carboxylic acids is 1. The lowest BCUT2D eigenvalue weighted by Gasteiger charge is -2.28. The minimum absolute atomic E-state index is 0.0901. The van der Waals surface area contributed by atoms with E-state index < -0.39 is 0 Å². The first-order valence-electron chi connectivity index (χ1n) is 7.42. The van der Waals surface area contributed by atoms with Crippen molar-refractivity contribution in [1.82, 2.24) is 10.6 Å². The minimum Gasteiger partial charge on any atom is -0.349 e. The summed E-state index contributed by atoms with van der Waals surface area (Å²) in [4.78, 5) is 12.3. The van der Waals surface area contributed by atoms with Crippen molar-refractivity contribution in [3.8, 4) is 0 Å². The van der Waals surface area contributed by atoms with Crippen molar-refractivity contribution in [2.24, 2.45) is 0 Å². The molecule has 3 nitrogen and oxygen atoms in total. The van der Waals surface area contributed by atoms with Crippen LogP contribution in [0.4, 0.5) is 0 Å². The predicted octanol–water partition coefficient (Wildman–Crippen LogP) is 2.69. The third-order valence-corrected chi connectivity index (χ3v) is 5.58. The van der Waals surface area contributed by atoms with Gasteiger partial charge < -0.3 is 10.6 Å². The predicted molar refractivity (Wildman–Crippen MR) is 84.0 cm³/mol. The van der Waals surface area contributed by atoms with Crippen LogP contribution in [0.1, 0.15) is 47.2 Å². The van der Waals surface area contributed by atoms with E-state index >= 15 is 0 Å². The van der Waals surface area contributed by atoms with Gasteiger partial charge in [0.25, 0.3) is 5.91 Å². The van der Waals surface area contributed by atoms with Crippen LogP contribution in [-0.2, 0) is 13.1 Å². The van der Waals surface area contributed by atoms with Gasteiger partial charge in [-0.05, 0) is 55.2 Å². The van der Waals surface area contributed by atoms with Gasteiger partial charge in [-0.3, -0.25) is 4.79 Å². The third kappa shape index (κ3) is 3.01. The fourth-order valence-electron chi connectivity index (χ4n) is 3.15. The number of thioether (sulfide) groups is 1. The van der Waals surface area contributed by atoms with E-state index in [1.165, 1.54) is 24.0 Å². The summed E-state index contributed by atoms with van der Waals surface area (Å²) < 4.78 is 0. The maximum Gasteiger partial charge on any atom is 0.251 e. The molecule has 0 atom stereocenters. The molecule has 0 spiro atoms. The van der Waals surface area contributed by atoms with E-state index in [9.17, 15) is 4.79 Å². The maximum absolute atomic E-state index is 12.3. The Bertz CT molecular complexity index is 495. The van der Waals surface area contributed by atoms with Gasteiger partial charge >= 0.3 is 0 Å². The van der Waals surface area contributed by atoms with Crippen LogP contribution in [0.5, 0.6) is 0 Å². The van der Waals surface area contributed by atoms with Crippen molar-refractivity contribution in [1.29, 1.82) is 0 Å². The Morgan fingerprint density at radius 3 is 2.70 bits per heavy atom. The molecule has 1 aliphatic carbocycles. The number of carbonyl (C=O) groups is 1. The van der Waals surface area contributed by atoms with Crippen LogP contribution >= 0.6 is 11.8 Å². The van der Waals surface area contributed by atoms with Crippen LogP contribution in [0.2, 0.25) is 0 Å². The highest BCUT2D eigenvalue weighted by atomic mass is 32.2. The van der Waals surface area contributed by atoms with Crippen LogP contribution in [0.15, 0.2) is 18.2 Å². The number of hydrogen-bond donors (Lipinski definition) is 2. The molecule has 2 N–H and O–H groups in total. The number of hydrogen-bond acceptors (Lipinski definition) is 3. The molecule has 1 amide bonds. The Morgan fingerprint density at radius 1 is 1.20 bits per heavy atom. The number of amides is 1. The zero-order valence-electron chi connectivity index (χ0n) is 11.9. The second-order valence-electron chi connectivity index (χ2n) is 5.77. The standard InChI is InChI=1S/C16H22N2OS/c1-20-15-6-4-14(5-7-15)18-16(19)11-2-3-12-9-17-10-13(12)8-11/h2-3,8,14-15,17H,4-7,9-10H2,1H3,(H,18,19). The van der Waals surface area contributed by atoms with Crippen LogP contribution in [-0.4, -0.2) is 23.5 Å². The molecule has 108 valence electrons. The Labute approximate surface area is 124 Å². The summed E-state index contributed by atoms with van der Waals surface area (Å²) in [6.45, 7) is 1.81. The average Bonchev–Trinajstić information content (AvgIpc) is 2.95. The van der Waals surface area contributed by atoms with E-state index in [0.717, 1.165) is 36.7 Å². The van der Waals surface area contributed by atoms with E-state index in [1.807, 2.05) is 23.9 Å². The highest BCUT2D eigenvalue weighted by Gasteiger charge is 2.22. The first kappa shape index (κ1) is 14.0. The molecule has 1 fully saturated rings. The van der Waals surface area contributed by atoms with Crippen molar-refractivity contribution in [2.45, 2.75) is 50.1 Å². The molecule has 20 heavy (non-hydrogen) atoms. The summed E-state index contributed by atoms with van der Waals surface area (Å²) in [5.41, 5.74) is 3.39. The summed E-state index contributed by atoms with van der Waals surface area (Å²) in [7, 11) is 0. The van der Waals surface area contributed by atoms with Gasteiger partial charge in [0.15, 0.2) is 0 Å².